The summed E-state index contributed by atoms with van der Waals surface area (Å²) in [6.07, 6.45) is 0.905. The van der Waals surface area contributed by atoms with Gasteiger partial charge < -0.3 is 5.73 Å². The van der Waals surface area contributed by atoms with Gasteiger partial charge in [0.1, 0.15) is 5.82 Å². The van der Waals surface area contributed by atoms with Gasteiger partial charge in [0, 0.05) is 6.07 Å². The molecule has 2 rings (SSSR count). The van der Waals surface area contributed by atoms with Crippen LogP contribution in [0.5, 0.6) is 0 Å². The van der Waals surface area contributed by atoms with Gasteiger partial charge in [-0.15, -0.1) is 0 Å². The summed E-state index contributed by atoms with van der Waals surface area (Å²) in [5, 5.41) is 4.48. The minimum Gasteiger partial charge on any atom is -0.384 e. The Hall–Kier alpha value is -1.77. The number of aryl methyl sites for hydroxylation is 3. The molecule has 1 heterocycles. The third kappa shape index (κ3) is 1.81. The standard InChI is InChI=1S/C13H17N3/c1-4-11-8-13(14)16(15-11)12-6-5-9(2)7-10(12)3/h5-8H,4,14H2,1-3H3. The SMILES string of the molecule is CCc1cc(N)n(-c2ccc(C)cc2C)n1. The van der Waals surface area contributed by atoms with Gasteiger partial charge in [-0.2, -0.15) is 5.10 Å². The Labute approximate surface area is 95.9 Å². The van der Waals surface area contributed by atoms with Crippen LogP contribution in [0.4, 0.5) is 5.82 Å². The van der Waals surface area contributed by atoms with Crippen LogP contribution in [0.25, 0.3) is 5.69 Å². The van der Waals surface area contributed by atoms with Crippen molar-refractivity contribution >= 4 is 5.82 Å². The minimum absolute atomic E-state index is 0.698. The largest absolute Gasteiger partial charge is 0.384 e. The Kier molecular flexibility index (Phi) is 2.69. The van der Waals surface area contributed by atoms with Crippen LogP contribution in [0.1, 0.15) is 23.7 Å². The molecule has 2 aromatic rings. The molecule has 0 aliphatic carbocycles. The van der Waals surface area contributed by atoms with Crippen molar-refractivity contribution in [2.75, 3.05) is 5.73 Å². The van der Waals surface area contributed by atoms with Crippen LogP contribution in [-0.2, 0) is 6.42 Å². The summed E-state index contributed by atoms with van der Waals surface area (Å²) in [7, 11) is 0. The number of rotatable bonds is 2. The lowest BCUT2D eigenvalue weighted by Crippen LogP contribution is -2.04. The molecule has 0 amide bonds. The van der Waals surface area contributed by atoms with Crippen molar-refractivity contribution in [1.29, 1.82) is 0 Å². The molecular weight excluding hydrogens is 198 g/mol. The summed E-state index contributed by atoms with van der Waals surface area (Å²) in [6.45, 7) is 6.24. The second kappa shape index (κ2) is 4.00. The van der Waals surface area contributed by atoms with Crippen molar-refractivity contribution in [2.45, 2.75) is 27.2 Å². The minimum atomic E-state index is 0.698. The lowest BCUT2D eigenvalue weighted by Gasteiger charge is -2.08. The zero-order valence-electron chi connectivity index (χ0n) is 9.99. The van der Waals surface area contributed by atoms with Gasteiger partial charge in [-0.25, -0.2) is 4.68 Å². The number of anilines is 1. The normalized spacial score (nSPS) is 10.7. The number of hydrogen-bond donors (Lipinski definition) is 1. The van der Waals surface area contributed by atoms with Gasteiger partial charge >= 0.3 is 0 Å². The molecule has 0 radical (unpaired) electrons. The highest BCUT2D eigenvalue weighted by molar-refractivity contribution is 5.48. The van der Waals surface area contributed by atoms with Gasteiger partial charge in [0.2, 0.25) is 0 Å². The number of nitrogens with zero attached hydrogens (tertiary/aromatic N) is 2. The first-order valence-corrected chi connectivity index (χ1v) is 5.54. The first-order valence-electron chi connectivity index (χ1n) is 5.54. The molecule has 0 bridgehead atoms. The Morgan fingerprint density at radius 1 is 1.25 bits per heavy atom. The summed E-state index contributed by atoms with van der Waals surface area (Å²) in [5.41, 5.74) is 10.5. The number of benzene rings is 1. The predicted molar refractivity (Wildman–Crippen MR) is 66.8 cm³/mol. The summed E-state index contributed by atoms with van der Waals surface area (Å²) < 4.78 is 1.81. The van der Waals surface area contributed by atoms with Crippen molar-refractivity contribution in [3.8, 4) is 5.69 Å². The van der Waals surface area contributed by atoms with Crippen LogP contribution in [0.2, 0.25) is 0 Å². The lowest BCUT2D eigenvalue weighted by molar-refractivity contribution is 0.843. The van der Waals surface area contributed by atoms with Crippen molar-refractivity contribution in [3.05, 3.63) is 41.1 Å². The molecule has 0 saturated carbocycles. The number of nitrogen functional groups attached to an aromatic ring is 1. The highest BCUT2D eigenvalue weighted by Crippen LogP contribution is 2.19. The van der Waals surface area contributed by atoms with Crippen molar-refractivity contribution in [2.24, 2.45) is 0 Å². The van der Waals surface area contributed by atoms with Gasteiger partial charge in [0.15, 0.2) is 0 Å². The molecule has 3 nitrogen and oxygen atoms in total. The molecule has 1 aromatic carbocycles. The van der Waals surface area contributed by atoms with E-state index >= 15 is 0 Å². The van der Waals surface area contributed by atoms with E-state index in [9.17, 15) is 0 Å². The van der Waals surface area contributed by atoms with Crippen LogP contribution in [0.3, 0.4) is 0 Å². The van der Waals surface area contributed by atoms with E-state index in [-0.39, 0.29) is 0 Å². The number of hydrogen-bond acceptors (Lipinski definition) is 2. The zero-order chi connectivity index (χ0) is 11.7. The Morgan fingerprint density at radius 2 is 2.00 bits per heavy atom. The van der Waals surface area contributed by atoms with Crippen molar-refractivity contribution < 1.29 is 0 Å². The molecule has 0 aliphatic rings. The fourth-order valence-corrected chi connectivity index (χ4v) is 1.86. The molecule has 2 N–H and O–H groups in total. The van der Waals surface area contributed by atoms with Gasteiger partial charge in [-0.3, -0.25) is 0 Å². The molecular formula is C13H17N3. The maximum atomic E-state index is 5.96. The topological polar surface area (TPSA) is 43.8 Å². The second-order valence-electron chi connectivity index (χ2n) is 4.12. The summed E-state index contributed by atoms with van der Waals surface area (Å²) >= 11 is 0. The number of nitrogens with two attached hydrogens (primary N) is 1. The third-order valence-electron chi connectivity index (χ3n) is 2.73. The first-order chi connectivity index (χ1) is 7.61. The van der Waals surface area contributed by atoms with Crippen LogP contribution in [-0.4, -0.2) is 9.78 Å². The van der Waals surface area contributed by atoms with E-state index in [0.29, 0.717) is 5.82 Å². The van der Waals surface area contributed by atoms with E-state index in [4.69, 9.17) is 5.73 Å². The lowest BCUT2D eigenvalue weighted by atomic mass is 10.1. The highest BCUT2D eigenvalue weighted by Gasteiger charge is 2.07. The fourth-order valence-electron chi connectivity index (χ4n) is 1.86. The molecule has 0 fully saturated rings. The molecule has 3 heteroatoms. The average Bonchev–Trinajstić information content (AvgIpc) is 2.60. The molecule has 0 atom stereocenters. The molecule has 0 saturated heterocycles. The maximum Gasteiger partial charge on any atom is 0.127 e. The summed E-state index contributed by atoms with van der Waals surface area (Å²) in [5.74, 6) is 0.698. The van der Waals surface area contributed by atoms with E-state index in [1.807, 2.05) is 10.7 Å². The van der Waals surface area contributed by atoms with Crippen LogP contribution >= 0.6 is 0 Å². The Morgan fingerprint density at radius 3 is 2.56 bits per heavy atom. The molecule has 0 aliphatic heterocycles. The van der Waals surface area contributed by atoms with E-state index in [1.54, 1.807) is 0 Å². The van der Waals surface area contributed by atoms with E-state index in [2.05, 4.69) is 44.1 Å². The Bertz CT molecular complexity index is 512. The molecule has 0 spiro atoms. The fraction of sp³-hybridized carbons (Fsp3) is 0.308. The second-order valence-corrected chi connectivity index (χ2v) is 4.12. The van der Waals surface area contributed by atoms with Gasteiger partial charge in [0.05, 0.1) is 11.4 Å². The average molecular weight is 215 g/mol. The third-order valence-corrected chi connectivity index (χ3v) is 2.73. The van der Waals surface area contributed by atoms with E-state index in [0.717, 1.165) is 17.8 Å². The zero-order valence-corrected chi connectivity index (χ0v) is 9.99. The van der Waals surface area contributed by atoms with Gasteiger partial charge in [-0.05, 0) is 31.9 Å². The molecule has 0 unspecified atom stereocenters. The van der Waals surface area contributed by atoms with E-state index in [1.165, 1.54) is 11.1 Å². The molecule has 84 valence electrons. The maximum absolute atomic E-state index is 5.96. The van der Waals surface area contributed by atoms with Crippen molar-refractivity contribution in [1.82, 2.24) is 9.78 Å². The van der Waals surface area contributed by atoms with E-state index < -0.39 is 0 Å². The summed E-state index contributed by atoms with van der Waals surface area (Å²) in [6, 6.07) is 8.21. The molecule has 1 aromatic heterocycles. The van der Waals surface area contributed by atoms with Crippen LogP contribution in [0.15, 0.2) is 24.3 Å². The first kappa shape index (κ1) is 10.7. The number of aromatic nitrogens is 2. The van der Waals surface area contributed by atoms with Crippen molar-refractivity contribution in [3.63, 3.8) is 0 Å². The summed E-state index contributed by atoms with van der Waals surface area (Å²) in [4.78, 5) is 0. The quantitative estimate of drug-likeness (QED) is 0.837. The molecule has 16 heavy (non-hydrogen) atoms. The monoisotopic (exact) mass is 215 g/mol. The predicted octanol–water partition coefficient (Wildman–Crippen LogP) is 2.63. The smallest absolute Gasteiger partial charge is 0.127 e. The highest BCUT2D eigenvalue weighted by atomic mass is 15.3. The van der Waals surface area contributed by atoms with Gasteiger partial charge in [0.25, 0.3) is 0 Å². The Balaban J connectivity index is 2.53. The van der Waals surface area contributed by atoms with Crippen LogP contribution in [0, 0.1) is 13.8 Å². The van der Waals surface area contributed by atoms with Gasteiger partial charge in [-0.1, -0.05) is 24.6 Å². The van der Waals surface area contributed by atoms with Crippen LogP contribution < -0.4 is 5.73 Å².